The Bertz CT molecular complexity index is 490. The molecule has 0 unspecified atom stereocenters. The highest BCUT2D eigenvalue weighted by Crippen LogP contribution is 2.25. The third kappa shape index (κ3) is 3.86. The van der Waals surface area contributed by atoms with Gasteiger partial charge in [-0.2, -0.15) is 0 Å². The zero-order valence-corrected chi connectivity index (χ0v) is 12.9. The number of carbonyl (C=O) groups excluding carboxylic acids is 1. The molecule has 0 radical (unpaired) electrons. The van der Waals surface area contributed by atoms with Gasteiger partial charge in [0.05, 0.1) is 0 Å². The molecule has 1 aromatic rings. The number of halogens is 1. The van der Waals surface area contributed by atoms with Crippen molar-refractivity contribution in [1.82, 2.24) is 4.90 Å². The maximum atomic E-state index is 12.4. The van der Waals surface area contributed by atoms with Crippen molar-refractivity contribution >= 4 is 23.6 Å². The van der Waals surface area contributed by atoms with Crippen molar-refractivity contribution in [3.05, 3.63) is 40.9 Å². The molecule has 2 nitrogen and oxygen atoms in total. The third-order valence-electron chi connectivity index (χ3n) is 3.80. The fourth-order valence-electron chi connectivity index (χ4n) is 2.90. The summed E-state index contributed by atoms with van der Waals surface area (Å²) in [5.41, 5.74) is 0.959. The second-order valence-electron chi connectivity index (χ2n) is 5.67. The van der Waals surface area contributed by atoms with Gasteiger partial charge < -0.3 is 4.90 Å². The molecule has 0 spiro atoms. The molecule has 0 N–H and O–H groups in total. The summed E-state index contributed by atoms with van der Waals surface area (Å²) in [6.07, 6.45) is 8.25. The lowest BCUT2D eigenvalue weighted by atomic mass is 10.1. The van der Waals surface area contributed by atoms with Crippen LogP contribution in [-0.2, 0) is 4.79 Å². The van der Waals surface area contributed by atoms with Gasteiger partial charge in [0, 0.05) is 23.2 Å². The molecular formula is C17H22ClNO. The minimum absolute atomic E-state index is 0.104. The largest absolute Gasteiger partial charge is 0.334 e. The molecule has 0 heterocycles. The van der Waals surface area contributed by atoms with Crippen molar-refractivity contribution in [2.45, 2.75) is 51.6 Å². The average molecular weight is 292 g/mol. The molecule has 1 amide bonds. The van der Waals surface area contributed by atoms with Crippen LogP contribution in [0.2, 0.25) is 5.02 Å². The summed E-state index contributed by atoms with van der Waals surface area (Å²) in [5, 5.41) is 0.691. The fraction of sp³-hybridized carbons (Fsp3) is 0.471. The molecule has 2 rings (SSSR count). The van der Waals surface area contributed by atoms with E-state index in [0.29, 0.717) is 11.1 Å². The van der Waals surface area contributed by atoms with Crippen LogP contribution in [0.3, 0.4) is 0 Å². The van der Waals surface area contributed by atoms with Gasteiger partial charge in [-0.3, -0.25) is 4.79 Å². The predicted octanol–water partition coefficient (Wildman–Crippen LogP) is 4.53. The van der Waals surface area contributed by atoms with E-state index < -0.39 is 0 Å². The van der Waals surface area contributed by atoms with E-state index in [1.165, 1.54) is 12.8 Å². The molecule has 108 valence electrons. The molecule has 0 aromatic heterocycles. The normalized spacial score (nSPS) is 16.2. The highest BCUT2D eigenvalue weighted by Gasteiger charge is 2.27. The molecule has 1 aliphatic carbocycles. The van der Waals surface area contributed by atoms with E-state index in [4.69, 9.17) is 11.6 Å². The third-order valence-corrected chi connectivity index (χ3v) is 4.03. The Morgan fingerprint density at radius 3 is 2.65 bits per heavy atom. The Morgan fingerprint density at radius 2 is 2.05 bits per heavy atom. The second-order valence-corrected chi connectivity index (χ2v) is 6.10. The van der Waals surface area contributed by atoms with Gasteiger partial charge in [-0.1, -0.05) is 36.6 Å². The van der Waals surface area contributed by atoms with E-state index in [9.17, 15) is 4.79 Å². The Kier molecular flexibility index (Phi) is 5.24. The van der Waals surface area contributed by atoms with E-state index in [1.54, 1.807) is 6.08 Å². The molecule has 0 atom stereocenters. The number of amides is 1. The molecule has 3 heteroatoms. The number of hydrogen-bond acceptors (Lipinski definition) is 1. The standard InChI is InChI=1S/C17H22ClNO/c1-13(2)19(16-8-3-4-9-16)17(20)11-10-14-6-5-7-15(18)12-14/h5-7,10-13,16H,3-4,8-9H2,1-2H3/b11-10+. The van der Waals surface area contributed by atoms with E-state index in [0.717, 1.165) is 18.4 Å². The fourth-order valence-corrected chi connectivity index (χ4v) is 3.10. The van der Waals surface area contributed by atoms with E-state index in [2.05, 4.69) is 13.8 Å². The van der Waals surface area contributed by atoms with Crippen LogP contribution in [0.5, 0.6) is 0 Å². The lowest BCUT2D eigenvalue weighted by Gasteiger charge is -2.31. The summed E-state index contributed by atoms with van der Waals surface area (Å²) in [5.74, 6) is 0.104. The van der Waals surface area contributed by atoms with E-state index >= 15 is 0 Å². The zero-order valence-electron chi connectivity index (χ0n) is 12.2. The summed E-state index contributed by atoms with van der Waals surface area (Å²) in [7, 11) is 0. The summed E-state index contributed by atoms with van der Waals surface area (Å²) in [6.45, 7) is 4.17. The lowest BCUT2D eigenvalue weighted by Crippen LogP contribution is -2.42. The summed E-state index contributed by atoms with van der Waals surface area (Å²) in [4.78, 5) is 14.5. The Labute approximate surface area is 126 Å². The Morgan fingerprint density at radius 1 is 1.35 bits per heavy atom. The van der Waals surface area contributed by atoms with Crippen molar-refractivity contribution in [1.29, 1.82) is 0 Å². The minimum atomic E-state index is 0.104. The molecule has 0 aliphatic heterocycles. The van der Waals surface area contributed by atoms with Crippen LogP contribution >= 0.6 is 11.6 Å². The van der Waals surface area contributed by atoms with Crippen LogP contribution < -0.4 is 0 Å². The van der Waals surface area contributed by atoms with Gasteiger partial charge in [-0.15, -0.1) is 0 Å². The first-order chi connectivity index (χ1) is 9.58. The van der Waals surface area contributed by atoms with Gasteiger partial charge >= 0.3 is 0 Å². The maximum Gasteiger partial charge on any atom is 0.247 e. The summed E-state index contributed by atoms with van der Waals surface area (Å²) >= 11 is 5.95. The predicted molar refractivity (Wildman–Crippen MR) is 84.7 cm³/mol. The number of hydrogen-bond donors (Lipinski definition) is 0. The number of nitrogens with zero attached hydrogens (tertiary/aromatic N) is 1. The number of rotatable bonds is 4. The van der Waals surface area contributed by atoms with Crippen molar-refractivity contribution in [2.75, 3.05) is 0 Å². The first kappa shape index (κ1) is 15.1. The summed E-state index contributed by atoms with van der Waals surface area (Å²) < 4.78 is 0. The Balaban J connectivity index is 2.08. The molecule has 0 saturated heterocycles. The van der Waals surface area contributed by atoms with Gasteiger partial charge in [0.1, 0.15) is 0 Å². The van der Waals surface area contributed by atoms with E-state index in [-0.39, 0.29) is 11.9 Å². The highest BCUT2D eigenvalue weighted by atomic mass is 35.5. The summed E-state index contributed by atoms with van der Waals surface area (Å²) in [6, 6.07) is 8.19. The first-order valence-corrected chi connectivity index (χ1v) is 7.71. The second kappa shape index (κ2) is 6.94. The van der Waals surface area contributed by atoms with Gasteiger partial charge in [0.2, 0.25) is 5.91 Å². The van der Waals surface area contributed by atoms with Crippen molar-refractivity contribution in [2.24, 2.45) is 0 Å². The van der Waals surface area contributed by atoms with Crippen LogP contribution in [0.25, 0.3) is 6.08 Å². The quantitative estimate of drug-likeness (QED) is 0.746. The zero-order chi connectivity index (χ0) is 14.5. The topological polar surface area (TPSA) is 20.3 Å². The molecule has 20 heavy (non-hydrogen) atoms. The molecule has 1 saturated carbocycles. The molecule has 1 aromatic carbocycles. The number of carbonyl (C=O) groups is 1. The lowest BCUT2D eigenvalue weighted by molar-refractivity contribution is -0.130. The van der Waals surface area contributed by atoms with Crippen LogP contribution in [0.15, 0.2) is 30.3 Å². The van der Waals surface area contributed by atoms with Crippen molar-refractivity contribution < 1.29 is 4.79 Å². The molecular weight excluding hydrogens is 270 g/mol. The smallest absolute Gasteiger partial charge is 0.247 e. The van der Waals surface area contributed by atoms with E-state index in [1.807, 2.05) is 35.2 Å². The number of benzene rings is 1. The average Bonchev–Trinajstić information content (AvgIpc) is 2.90. The van der Waals surface area contributed by atoms with Crippen LogP contribution in [0.4, 0.5) is 0 Å². The minimum Gasteiger partial charge on any atom is -0.334 e. The molecule has 0 bridgehead atoms. The van der Waals surface area contributed by atoms with Gasteiger partial charge in [-0.25, -0.2) is 0 Å². The van der Waals surface area contributed by atoms with Gasteiger partial charge in [0.15, 0.2) is 0 Å². The molecule has 1 aliphatic rings. The first-order valence-electron chi connectivity index (χ1n) is 7.34. The van der Waals surface area contributed by atoms with Gasteiger partial charge in [0.25, 0.3) is 0 Å². The van der Waals surface area contributed by atoms with Crippen LogP contribution in [0, 0.1) is 0 Å². The van der Waals surface area contributed by atoms with Crippen LogP contribution in [-0.4, -0.2) is 22.9 Å². The monoisotopic (exact) mass is 291 g/mol. The van der Waals surface area contributed by atoms with Crippen LogP contribution in [0.1, 0.15) is 45.1 Å². The van der Waals surface area contributed by atoms with Crippen molar-refractivity contribution in [3.63, 3.8) is 0 Å². The molecule has 1 fully saturated rings. The van der Waals surface area contributed by atoms with Gasteiger partial charge in [-0.05, 0) is 50.5 Å². The maximum absolute atomic E-state index is 12.4. The van der Waals surface area contributed by atoms with Crippen molar-refractivity contribution in [3.8, 4) is 0 Å². The SMILES string of the molecule is CC(C)N(C(=O)/C=C/c1cccc(Cl)c1)C1CCCC1. The highest BCUT2D eigenvalue weighted by molar-refractivity contribution is 6.30. The Hall–Kier alpha value is -1.28.